The Morgan fingerprint density at radius 3 is 2.21 bits per heavy atom. The highest BCUT2D eigenvalue weighted by Gasteiger charge is 2.56. The number of nitrogens with zero attached hydrogens (tertiary/aromatic N) is 1. The SMILES string of the molecule is COCCCC(NC(=O)OCC1c2ccccc2-c2ccccc21)C(=O)N(C)C1(C(=O)O)CC1. The molecule has 0 aliphatic heterocycles. The molecule has 180 valence electrons. The number of carboxylic acid groups (broad SMARTS) is 1. The van der Waals surface area contributed by atoms with Gasteiger partial charge in [0.1, 0.15) is 18.2 Å². The molecule has 0 bridgehead atoms. The number of hydrogen-bond acceptors (Lipinski definition) is 5. The summed E-state index contributed by atoms with van der Waals surface area (Å²) in [5, 5.41) is 12.2. The van der Waals surface area contributed by atoms with Crippen molar-refractivity contribution in [1.29, 1.82) is 0 Å². The number of carbonyl (C=O) groups is 3. The Kier molecular flexibility index (Phi) is 6.88. The van der Waals surface area contributed by atoms with E-state index in [4.69, 9.17) is 9.47 Å². The number of methoxy groups -OCH3 is 1. The average Bonchev–Trinajstić information content (AvgIpc) is 3.60. The summed E-state index contributed by atoms with van der Waals surface area (Å²) in [5.41, 5.74) is 3.27. The van der Waals surface area contributed by atoms with E-state index < -0.39 is 29.6 Å². The van der Waals surface area contributed by atoms with Crippen molar-refractivity contribution in [3.8, 4) is 11.1 Å². The molecule has 0 spiro atoms. The van der Waals surface area contributed by atoms with Crippen molar-refractivity contribution in [3.63, 3.8) is 0 Å². The Labute approximate surface area is 198 Å². The third-order valence-electron chi connectivity index (χ3n) is 6.87. The molecular formula is C26H30N2O6. The molecule has 1 saturated carbocycles. The minimum absolute atomic E-state index is 0.0924. The molecule has 2 N–H and O–H groups in total. The average molecular weight is 467 g/mol. The highest BCUT2D eigenvalue weighted by molar-refractivity contribution is 5.93. The monoisotopic (exact) mass is 466 g/mol. The van der Waals surface area contributed by atoms with Gasteiger partial charge < -0.3 is 24.8 Å². The first kappa shape index (κ1) is 23.8. The maximum Gasteiger partial charge on any atom is 0.407 e. The predicted octanol–water partition coefficient (Wildman–Crippen LogP) is 3.40. The lowest BCUT2D eigenvalue weighted by Crippen LogP contribution is -2.53. The van der Waals surface area contributed by atoms with E-state index in [9.17, 15) is 19.5 Å². The van der Waals surface area contributed by atoms with Crippen LogP contribution in [0.1, 0.15) is 42.7 Å². The lowest BCUT2D eigenvalue weighted by Gasteiger charge is -2.29. The fourth-order valence-corrected chi connectivity index (χ4v) is 4.73. The molecule has 1 fully saturated rings. The van der Waals surface area contributed by atoms with Gasteiger partial charge in [-0.15, -0.1) is 0 Å². The van der Waals surface area contributed by atoms with Crippen molar-refractivity contribution in [2.24, 2.45) is 0 Å². The molecule has 0 heterocycles. The largest absolute Gasteiger partial charge is 0.479 e. The molecule has 2 aliphatic rings. The van der Waals surface area contributed by atoms with Gasteiger partial charge in [-0.3, -0.25) is 4.79 Å². The van der Waals surface area contributed by atoms with E-state index in [1.807, 2.05) is 36.4 Å². The van der Waals surface area contributed by atoms with Crippen LogP contribution in [0.2, 0.25) is 0 Å². The number of alkyl carbamates (subject to hydrolysis) is 1. The van der Waals surface area contributed by atoms with Gasteiger partial charge in [-0.25, -0.2) is 9.59 Å². The predicted molar refractivity (Wildman–Crippen MR) is 125 cm³/mol. The minimum Gasteiger partial charge on any atom is -0.479 e. The summed E-state index contributed by atoms with van der Waals surface area (Å²) in [6.07, 6.45) is 0.952. The van der Waals surface area contributed by atoms with Crippen LogP contribution in [-0.2, 0) is 19.1 Å². The summed E-state index contributed by atoms with van der Waals surface area (Å²) in [6.45, 7) is 0.553. The molecule has 1 atom stereocenters. The van der Waals surface area contributed by atoms with Crippen LogP contribution in [0.5, 0.6) is 0 Å². The summed E-state index contributed by atoms with van der Waals surface area (Å²) >= 11 is 0. The molecule has 0 aromatic heterocycles. The zero-order chi connectivity index (χ0) is 24.3. The summed E-state index contributed by atoms with van der Waals surface area (Å²) in [6, 6.07) is 15.2. The van der Waals surface area contributed by atoms with Gasteiger partial charge in [0.2, 0.25) is 5.91 Å². The van der Waals surface area contributed by atoms with Gasteiger partial charge in [-0.2, -0.15) is 0 Å². The number of aliphatic carboxylic acids is 1. The quantitative estimate of drug-likeness (QED) is 0.520. The van der Waals surface area contributed by atoms with Gasteiger partial charge in [0.25, 0.3) is 0 Å². The standard InChI is InChI=1S/C26H30N2O6/c1-28(26(13-14-26)24(30)31)23(29)22(12-7-15-33-2)27-25(32)34-16-21-19-10-5-3-8-17(19)18-9-4-6-11-20(18)21/h3-6,8-11,21-22H,7,12-16H2,1-2H3,(H,27,32)(H,30,31). The van der Waals surface area contributed by atoms with Crippen LogP contribution < -0.4 is 5.32 Å². The highest BCUT2D eigenvalue weighted by atomic mass is 16.5. The number of hydrogen-bond donors (Lipinski definition) is 2. The molecule has 8 nitrogen and oxygen atoms in total. The van der Waals surface area contributed by atoms with Crippen LogP contribution in [0, 0.1) is 0 Å². The van der Waals surface area contributed by atoms with Crippen molar-refractivity contribution in [2.75, 3.05) is 27.4 Å². The number of carboxylic acids is 1. The van der Waals surface area contributed by atoms with Crippen LogP contribution in [0.3, 0.4) is 0 Å². The molecule has 2 amide bonds. The fourth-order valence-electron chi connectivity index (χ4n) is 4.73. The van der Waals surface area contributed by atoms with Crippen LogP contribution in [0.15, 0.2) is 48.5 Å². The van der Waals surface area contributed by atoms with Crippen molar-refractivity contribution in [1.82, 2.24) is 10.2 Å². The van der Waals surface area contributed by atoms with E-state index in [-0.39, 0.29) is 12.5 Å². The number of fused-ring (bicyclic) bond motifs is 3. The molecule has 2 aromatic carbocycles. The number of amides is 2. The number of ether oxygens (including phenoxy) is 2. The number of likely N-dealkylation sites (N-methyl/N-ethyl adjacent to an activating group) is 1. The van der Waals surface area contributed by atoms with Gasteiger partial charge in [0.05, 0.1) is 0 Å². The van der Waals surface area contributed by atoms with E-state index in [0.29, 0.717) is 32.3 Å². The number of nitrogens with one attached hydrogen (secondary N) is 1. The number of carbonyl (C=O) groups excluding carboxylic acids is 2. The van der Waals surface area contributed by atoms with Crippen molar-refractivity contribution >= 4 is 18.0 Å². The fraction of sp³-hybridized carbons (Fsp3) is 0.423. The van der Waals surface area contributed by atoms with Gasteiger partial charge in [0.15, 0.2) is 0 Å². The lowest BCUT2D eigenvalue weighted by atomic mass is 9.98. The molecule has 34 heavy (non-hydrogen) atoms. The Bertz CT molecular complexity index is 1030. The second-order valence-electron chi connectivity index (χ2n) is 8.89. The second-order valence-corrected chi connectivity index (χ2v) is 8.89. The zero-order valence-electron chi connectivity index (χ0n) is 19.5. The molecular weight excluding hydrogens is 436 g/mol. The third kappa shape index (κ3) is 4.50. The maximum atomic E-state index is 13.1. The van der Waals surface area contributed by atoms with Gasteiger partial charge in [0, 0.05) is 26.7 Å². The van der Waals surface area contributed by atoms with Crippen LogP contribution >= 0.6 is 0 Å². The van der Waals surface area contributed by atoms with Gasteiger partial charge >= 0.3 is 12.1 Å². The maximum absolute atomic E-state index is 13.1. The van der Waals surface area contributed by atoms with E-state index in [0.717, 1.165) is 22.3 Å². The Balaban J connectivity index is 1.43. The lowest BCUT2D eigenvalue weighted by molar-refractivity contribution is -0.151. The smallest absolute Gasteiger partial charge is 0.407 e. The van der Waals surface area contributed by atoms with Crippen LogP contribution in [-0.4, -0.2) is 66.9 Å². The molecule has 2 aliphatic carbocycles. The summed E-state index contributed by atoms with van der Waals surface area (Å²) in [4.78, 5) is 38.8. The number of rotatable bonds is 10. The highest BCUT2D eigenvalue weighted by Crippen LogP contribution is 2.44. The van der Waals surface area contributed by atoms with Crippen molar-refractivity contribution in [2.45, 2.75) is 43.2 Å². The molecule has 8 heteroatoms. The first-order valence-corrected chi connectivity index (χ1v) is 11.5. The van der Waals surface area contributed by atoms with Gasteiger partial charge in [-0.1, -0.05) is 48.5 Å². The van der Waals surface area contributed by atoms with E-state index >= 15 is 0 Å². The summed E-state index contributed by atoms with van der Waals surface area (Å²) in [7, 11) is 3.04. The van der Waals surface area contributed by atoms with Crippen molar-refractivity contribution < 1.29 is 29.0 Å². The molecule has 2 aromatic rings. The Hall–Kier alpha value is -3.39. The van der Waals surface area contributed by atoms with Crippen LogP contribution in [0.4, 0.5) is 4.79 Å². The van der Waals surface area contributed by atoms with E-state index in [1.165, 1.54) is 11.9 Å². The van der Waals surface area contributed by atoms with Crippen LogP contribution in [0.25, 0.3) is 11.1 Å². The Morgan fingerprint density at radius 2 is 1.68 bits per heavy atom. The minimum atomic E-state index is -1.18. The second kappa shape index (κ2) is 9.85. The van der Waals surface area contributed by atoms with Gasteiger partial charge in [-0.05, 0) is 47.9 Å². The first-order chi connectivity index (χ1) is 16.4. The molecule has 4 rings (SSSR count). The van der Waals surface area contributed by atoms with Crippen molar-refractivity contribution in [3.05, 3.63) is 59.7 Å². The summed E-state index contributed by atoms with van der Waals surface area (Å²) in [5.74, 6) is -1.56. The van der Waals surface area contributed by atoms with E-state index in [2.05, 4.69) is 17.4 Å². The molecule has 1 unspecified atom stereocenters. The Morgan fingerprint density at radius 1 is 1.09 bits per heavy atom. The number of benzene rings is 2. The zero-order valence-corrected chi connectivity index (χ0v) is 19.5. The first-order valence-electron chi connectivity index (χ1n) is 11.5. The third-order valence-corrected chi connectivity index (χ3v) is 6.87. The molecule has 0 radical (unpaired) electrons. The normalized spacial score (nSPS) is 16.2. The molecule has 0 saturated heterocycles. The topological polar surface area (TPSA) is 105 Å². The summed E-state index contributed by atoms with van der Waals surface area (Å²) < 4.78 is 10.7. The van der Waals surface area contributed by atoms with E-state index in [1.54, 1.807) is 7.11 Å².